The van der Waals surface area contributed by atoms with Crippen LogP contribution in [0.15, 0.2) is 52.0 Å². The second-order valence-electron chi connectivity index (χ2n) is 5.75. The number of nitro benzene ring substituents is 1. The van der Waals surface area contributed by atoms with Gasteiger partial charge in [0.2, 0.25) is 0 Å². The monoisotopic (exact) mass is 446 g/mol. The van der Waals surface area contributed by atoms with Crippen molar-refractivity contribution in [3.05, 3.63) is 85.3 Å². The van der Waals surface area contributed by atoms with Gasteiger partial charge in [-0.1, -0.05) is 23.2 Å². The zero-order chi connectivity index (χ0) is 21.8. The number of nitrogens with one attached hydrogen (secondary N) is 1. The Labute approximate surface area is 178 Å². The van der Waals surface area contributed by atoms with Crippen molar-refractivity contribution in [1.82, 2.24) is 5.43 Å². The first-order chi connectivity index (χ1) is 14.3. The van der Waals surface area contributed by atoms with Crippen molar-refractivity contribution in [1.29, 1.82) is 5.26 Å². The van der Waals surface area contributed by atoms with Gasteiger partial charge in [0, 0.05) is 11.6 Å². The van der Waals surface area contributed by atoms with Crippen LogP contribution < -0.4 is 5.43 Å². The van der Waals surface area contributed by atoms with E-state index in [1.807, 2.05) is 0 Å². The van der Waals surface area contributed by atoms with E-state index >= 15 is 0 Å². The van der Waals surface area contributed by atoms with E-state index in [1.54, 1.807) is 6.07 Å². The van der Waals surface area contributed by atoms with Gasteiger partial charge in [-0.2, -0.15) is 10.4 Å². The number of halogens is 3. The number of amides is 1. The van der Waals surface area contributed by atoms with Gasteiger partial charge in [0.05, 0.1) is 33.4 Å². The number of furan rings is 1. The average molecular weight is 447 g/mol. The van der Waals surface area contributed by atoms with E-state index in [2.05, 4.69) is 10.5 Å². The standard InChI is InChI=1S/C19H9Cl2FN4O4/c20-14-7-15(21)17(26(28)29)6-13(14)18-4-2-11(30-18)9-24-25-19(27)12-3-1-10(8-23)5-16(12)22/h1-7,9H,(H,25,27)/b24-9-. The Morgan fingerprint density at radius 2 is 2.00 bits per heavy atom. The molecule has 0 aliphatic carbocycles. The molecule has 1 N–H and O–H groups in total. The predicted octanol–water partition coefficient (Wildman–Crippen LogP) is 4.94. The summed E-state index contributed by atoms with van der Waals surface area (Å²) in [5.74, 6) is -1.28. The zero-order valence-corrected chi connectivity index (χ0v) is 16.2. The third-order valence-corrected chi connectivity index (χ3v) is 4.44. The summed E-state index contributed by atoms with van der Waals surface area (Å²) in [6.07, 6.45) is 1.15. The molecule has 1 aromatic heterocycles. The van der Waals surface area contributed by atoms with E-state index in [-0.39, 0.29) is 43.9 Å². The zero-order valence-electron chi connectivity index (χ0n) is 14.7. The highest BCUT2D eigenvalue weighted by atomic mass is 35.5. The Balaban J connectivity index is 1.75. The fourth-order valence-electron chi connectivity index (χ4n) is 2.42. The number of benzene rings is 2. The molecule has 1 amide bonds. The Hall–Kier alpha value is -3.74. The van der Waals surface area contributed by atoms with Crippen LogP contribution in [-0.4, -0.2) is 17.0 Å². The van der Waals surface area contributed by atoms with Crippen LogP contribution in [0.3, 0.4) is 0 Å². The number of hydrazone groups is 1. The summed E-state index contributed by atoms with van der Waals surface area (Å²) in [4.78, 5) is 22.4. The maximum atomic E-state index is 13.8. The molecule has 3 aromatic rings. The van der Waals surface area contributed by atoms with Gasteiger partial charge in [0.15, 0.2) is 0 Å². The number of nitro groups is 1. The third kappa shape index (κ3) is 4.46. The quantitative estimate of drug-likeness (QED) is 0.338. The summed E-state index contributed by atoms with van der Waals surface area (Å²) in [6, 6.07) is 10.6. The minimum Gasteiger partial charge on any atom is -0.455 e. The molecule has 0 fully saturated rings. The molecule has 0 aliphatic heterocycles. The molecule has 2 aromatic carbocycles. The summed E-state index contributed by atoms with van der Waals surface area (Å²) in [5.41, 5.74) is 1.84. The number of hydrogen-bond donors (Lipinski definition) is 1. The Morgan fingerprint density at radius 1 is 1.23 bits per heavy atom. The number of rotatable bonds is 5. The summed E-state index contributed by atoms with van der Waals surface area (Å²) >= 11 is 11.9. The second kappa shape index (κ2) is 8.73. The number of nitrogens with zero attached hydrogens (tertiary/aromatic N) is 3. The fraction of sp³-hybridized carbons (Fsp3) is 0. The molecule has 1 heterocycles. The van der Waals surface area contributed by atoms with Crippen molar-refractivity contribution >= 4 is 41.0 Å². The van der Waals surface area contributed by atoms with Gasteiger partial charge in [-0.3, -0.25) is 14.9 Å². The first-order valence-electron chi connectivity index (χ1n) is 8.07. The lowest BCUT2D eigenvalue weighted by Gasteiger charge is -2.03. The molecule has 0 saturated carbocycles. The topological polar surface area (TPSA) is 122 Å². The minimum atomic E-state index is -0.860. The van der Waals surface area contributed by atoms with Crippen LogP contribution in [0.2, 0.25) is 10.0 Å². The van der Waals surface area contributed by atoms with Crippen LogP contribution in [0.4, 0.5) is 10.1 Å². The smallest absolute Gasteiger partial charge is 0.288 e. The molecule has 150 valence electrons. The fourth-order valence-corrected chi connectivity index (χ4v) is 2.96. The van der Waals surface area contributed by atoms with E-state index in [1.165, 1.54) is 36.4 Å². The highest BCUT2D eigenvalue weighted by Gasteiger charge is 2.19. The molecule has 8 nitrogen and oxygen atoms in total. The molecular weight excluding hydrogens is 438 g/mol. The van der Waals surface area contributed by atoms with Crippen molar-refractivity contribution in [2.24, 2.45) is 5.10 Å². The van der Waals surface area contributed by atoms with Gasteiger partial charge in [0.1, 0.15) is 22.4 Å². The van der Waals surface area contributed by atoms with E-state index < -0.39 is 16.6 Å². The van der Waals surface area contributed by atoms with Crippen LogP contribution in [0, 0.1) is 27.3 Å². The molecule has 30 heavy (non-hydrogen) atoms. The highest BCUT2D eigenvalue weighted by Crippen LogP contribution is 2.37. The lowest BCUT2D eigenvalue weighted by atomic mass is 10.1. The van der Waals surface area contributed by atoms with Crippen molar-refractivity contribution in [3.63, 3.8) is 0 Å². The van der Waals surface area contributed by atoms with Crippen LogP contribution in [0.5, 0.6) is 0 Å². The van der Waals surface area contributed by atoms with E-state index in [9.17, 15) is 19.3 Å². The average Bonchev–Trinajstić information content (AvgIpc) is 3.16. The summed E-state index contributed by atoms with van der Waals surface area (Å²) < 4.78 is 19.3. The molecule has 11 heteroatoms. The maximum absolute atomic E-state index is 13.8. The molecule has 0 bridgehead atoms. The lowest BCUT2D eigenvalue weighted by molar-refractivity contribution is -0.384. The van der Waals surface area contributed by atoms with E-state index in [0.717, 1.165) is 12.3 Å². The van der Waals surface area contributed by atoms with Crippen molar-refractivity contribution in [2.45, 2.75) is 0 Å². The van der Waals surface area contributed by atoms with Gasteiger partial charge >= 0.3 is 0 Å². The van der Waals surface area contributed by atoms with Crippen molar-refractivity contribution in [2.75, 3.05) is 0 Å². The Morgan fingerprint density at radius 3 is 2.67 bits per heavy atom. The molecule has 3 rings (SSSR count). The first-order valence-corrected chi connectivity index (χ1v) is 8.82. The van der Waals surface area contributed by atoms with Gasteiger partial charge in [-0.05, 0) is 36.4 Å². The molecular formula is C19H9Cl2FN4O4. The largest absolute Gasteiger partial charge is 0.455 e. The molecule has 0 radical (unpaired) electrons. The van der Waals surface area contributed by atoms with Crippen LogP contribution in [0.25, 0.3) is 11.3 Å². The second-order valence-corrected chi connectivity index (χ2v) is 6.56. The number of nitriles is 1. The van der Waals surface area contributed by atoms with Crippen LogP contribution in [-0.2, 0) is 0 Å². The van der Waals surface area contributed by atoms with Crippen molar-refractivity contribution in [3.8, 4) is 17.4 Å². The molecule has 0 spiro atoms. The van der Waals surface area contributed by atoms with Crippen molar-refractivity contribution < 1.29 is 18.5 Å². The van der Waals surface area contributed by atoms with Crippen LogP contribution >= 0.6 is 23.2 Å². The number of carbonyl (C=O) groups is 1. The van der Waals surface area contributed by atoms with Gasteiger partial charge in [0.25, 0.3) is 11.6 Å². The molecule has 0 atom stereocenters. The third-order valence-electron chi connectivity index (χ3n) is 3.83. The minimum absolute atomic E-state index is 0.0803. The first kappa shape index (κ1) is 21.0. The normalized spacial score (nSPS) is 10.7. The van der Waals surface area contributed by atoms with Gasteiger partial charge in [-0.15, -0.1) is 0 Å². The SMILES string of the molecule is N#Cc1ccc(C(=O)N/N=C\c2ccc(-c3cc([N+](=O)[O-])c(Cl)cc3Cl)o2)c(F)c1. The lowest BCUT2D eigenvalue weighted by Crippen LogP contribution is -2.19. The highest BCUT2D eigenvalue weighted by molar-refractivity contribution is 6.37. The molecule has 0 aliphatic rings. The number of hydrogen-bond acceptors (Lipinski definition) is 6. The number of carbonyl (C=O) groups excluding carboxylic acids is 1. The Kier molecular flexibility index (Phi) is 6.11. The predicted molar refractivity (Wildman–Crippen MR) is 107 cm³/mol. The summed E-state index contributed by atoms with van der Waals surface area (Å²) in [5, 5.41) is 23.5. The Bertz CT molecular complexity index is 1230. The summed E-state index contributed by atoms with van der Waals surface area (Å²) in [7, 11) is 0. The van der Waals surface area contributed by atoms with Crippen LogP contribution in [0.1, 0.15) is 21.7 Å². The van der Waals surface area contributed by atoms with Gasteiger partial charge in [-0.25, -0.2) is 9.82 Å². The molecule has 0 saturated heterocycles. The summed E-state index contributed by atoms with van der Waals surface area (Å²) in [6.45, 7) is 0. The maximum Gasteiger partial charge on any atom is 0.288 e. The molecule has 0 unspecified atom stereocenters. The van der Waals surface area contributed by atoms with Gasteiger partial charge < -0.3 is 4.42 Å². The van der Waals surface area contributed by atoms with E-state index in [0.29, 0.717) is 0 Å². The van der Waals surface area contributed by atoms with E-state index in [4.69, 9.17) is 32.9 Å².